The van der Waals surface area contributed by atoms with Crippen LogP contribution in [0.5, 0.6) is 0 Å². The lowest BCUT2D eigenvalue weighted by Gasteiger charge is -2.28. The van der Waals surface area contributed by atoms with E-state index in [-0.39, 0.29) is 5.91 Å². The van der Waals surface area contributed by atoms with Crippen molar-refractivity contribution in [3.63, 3.8) is 0 Å². The number of carboxylic acid groups (broad SMARTS) is 1. The van der Waals surface area contributed by atoms with Crippen molar-refractivity contribution < 1.29 is 27.9 Å². The lowest BCUT2D eigenvalue weighted by atomic mass is 9.92. The third-order valence-corrected chi connectivity index (χ3v) is 5.40. The molecule has 3 aromatic rings. The highest BCUT2D eigenvalue weighted by Gasteiger charge is 2.38. The highest BCUT2D eigenvalue weighted by Crippen LogP contribution is 2.32. The van der Waals surface area contributed by atoms with E-state index < -0.39 is 12.1 Å². The number of carbonyl (C=O) groups excluding carboxylic acids is 1. The molecule has 9 heteroatoms. The quantitative estimate of drug-likeness (QED) is 0.490. The van der Waals surface area contributed by atoms with Gasteiger partial charge in [0.25, 0.3) is 0 Å². The van der Waals surface area contributed by atoms with Crippen LogP contribution < -0.4 is 4.90 Å². The maximum Gasteiger partial charge on any atom is 0.490 e. The molecule has 0 radical (unpaired) electrons. The number of aliphatic carboxylic acids is 1. The van der Waals surface area contributed by atoms with Crippen LogP contribution in [0.2, 0.25) is 5.02 Å². The molecule has 1 aliphatic heterocycles. The minimum Gasteiger partial charge on any atom is -0.475 e. The summed E-state index contributed by atoms with van der Waals surface area (Å²) in [5, 5.41) is 7.83. The monoisotopic (exact) mass is 476 g/mol. The first kappa shape index (κ1) is 24.3. The minimum absolute atomic E-state index is 0.0377. The molecule has 1 aromatic heterocycles. The van der Waals surface area contributed by atoms with Crippen LogP contribution in [0.1, 0.15) is 23.6 Å². The Morgan fingerprint density at radius 2 is 1.58 bits per heavy atom. The van der Waals surface area contributed by atoms with Crippen molar-refractivity contribution >= 4 is 29.2 Å². The van der Waals surface area contributed by atoms with Gasteiger partial charge in [-0.05, 0) is 77.1 Å². The molecule has 0 unspecified atom stereocenters. The zero-order valence-corrected chi connectivity index (χ0v) is 18.3. The van der Waals surface area contributed by atoms with Gasteiger partial charge in [0, 0.05) is 30.0 Å². The topological polar surface area (TPSA) is 70.5 Å². The van der Waals surface area contributed by atoms with Gasteiger partial charge in [-0.15, -0.1) is 0 Å². The number of aryl methyl sites for hydroxylation is 2. The first-order chi connectivity index (χ1) is 15.6. The Labute approximate surface area is 193 Å². The van der Waals surface area contributed by atoms with Gasteiger partial charge in [0.05, 0.1) is 6.54 Å². The highest BCUT2D eigenvalue weighted by molar-refractivity contribution is 6.30. The van der Waals surface area contributed by atoms with E-state index in [0.29, 0.717) is 11.6 Å². The van der Waals surface area contributed by atoms with E-state index in [1.807, 2.05) is 35.2 Å². The minimum atomic E-state index is -5.08. The molecular weight excluding hydrogens is 457 g/mol. The predicted octanol–water partition coefficient (Wildman–Crippen LogP) is 5.69. The van der Waals surface area contributed by atoms with Crippen LogP contribution in [0.3, 0.4) is 0 Å². The Hall–Kier alpha value is -3.39. The Balaban J connectivity index is 0.000000383. The van der Waals surface area contributed by atoms with E-state index in [0.717, 1.165) is 35.2 Å². The van der Waals surface area contributed by atoms with Gasteiger partial charge in [0.1, 0.15) is 0 Å². The van der Waals surface area contributed by atoms with Gasteiger partial charge in [-0.2, -0.15) is 13.2 Å². The average molecular weight is 477 g/mol. The molecule has 2 aromatic carbocycles. The molecular formula is C24H20ClF3N2O3. The molecule has 2 heterocycles. The molecule has 4 rings (SSSR count). The zero-order chi connectivity index (χ0) is 24.2. The Morgan fingerprint density at radius 3 is 2.18 bits per heavy atom. The Bertz CT molecular complexity index is 1170. The predicted molar refractivity (Wildman–Crippen MR) is 119 cm³/mol. The Morgan fingerprint density at radius 1 is 0.939 bits per heavy atom. The molecule has 0 saturated heterocycles. The molecule has 0 fully saturated rings. The summed E-state index contributed by atoms with van der Waals surface area (Å²) in [6.07, 6.45) is 0.314. The molecule has 1 aliphatic rings. The van der Waals surface area contributed by atoms with E-state index in [2.05, 4.69) is 23.2 Å². The smallest absolute Gasteiger partial charge is 0.475 e. The third-order valence-electron chi connectivity index (χ3n) is 5.17. The number of hydrogen-bond donors (Lipinski definition) is 1. The van der Waals surface area contributed by atoms with E-state index in [4.69, 9.17) is 21.5 Å². The molecule has 0 spiro atoms. The molecule has 172 valence electrons. The second-order valence-electron chi connectivity index (χ2n) is 7.40. The maximum atomic E-state index is 12.4. The molecule has 0 atom stereocenters. The van der Waals surface area contributed by atoms with Crippen LogP contribution in [0.4, 0.5) is 18.9 Å². The summed E-state index contributed by atoms with van der Waals surface area (Å²) < 4.78 is 31.7. The van der Waals surface area contributed by atoms with Crippen molar-refractivity contribution in [2.75, 3.05) is 4.90 Å². The first-order valence-electron chi connectivity index (χ1n) is 9.95. The van der Waals surface area contributed by atoms with Crippen molar-refractivity contribution in [2.24, 2.45) is 0 Å². The van der Waals surface area contributed by atoms with E-state index >= 15 is 0 Å². The maximum absolute atomic E-state index is 12.4. The van der Waals surface area contributed by atoms with Crippen molar-refractivity contribution in [1.82, 2.24) is 4.98 Å². The normalized spacial score (nSPS) is 12.9. The SMILES string of the molecule is CC(=O)N1Cc2cc(-c3ccncc3)ccc2CCc2cc(Cl)ccc21.O=C(O)C(F)(F)F. The molecule has 0 saturated carbocycles. The number of hydrogen-bond acceptors (Lipinski definition) is 3. The Kier molecular flexibility index (Phi) is 7.38. The van der Waals surface area contributed by atoms with Gasteiger partial charge in [-0.3, -0.25) is 9.78 Å². The van der Waals surface area contributed by atoms with Crippen LogP contribution in [0, 0.1) is 0 Å². The number of rotatable bonds is 1. The number of aromatic nitrogens is 1. The number of carboxylic acids is 1. The zero-order valence-electron chi connectivity index (χ0n) is 17.6. The number of benzene rings is 2. The second-order valence-corrected chi connectivity index (χ2v) is 7.84. The van der Waals surface area contributed by atoms with Crippen LogP contribution in [0.15, 0.2) is 60.9 Å². The van der Waals surface area contributed by atoms with E-state index in [9.17, 15) is 18.0 Å². The summed E-state index contributed by atoms with van der Waals surface area (Å²) in [5.41, 5.74) is 6.83. The summed E-state index contributed by atoms with van der Waals surface area (Å²) in [7, 11) is 0. The largest absolute Gasteiger partial charge is 0.490 e. The van der Waals surface area contributed by atoms with Gasteiger partial charge in [-0.1, -0.05) is 23.7 Å². The summed E-state index contributed by atoms with van der Waals surface area (Å²) in [6.45, 7) is 2.19. The van der Waals surface area contributed by atoms with Crippen LogP contribution in [-0.4, -0.2) is 28.1 Å². The number of halogens is 4. The van der Waals surface area contributed by atoms with Gasteiger partial charge in [-0.25, -0.2) is 4.79 Å². The number of anilines is 1. The van der Waals surface area contributed by atoms with Crippen molar-refractivity contribution in [1.29, 1.82) is 0 Å². The van der Waals surface area contributed by atoms with Crippen molar-refractivity contribution in [3.05, 3.63) is 82.6 Å². The lowest BCUT2D eigenvalue weighted by molar-refractivity contribution is -0.192. The van der Waals surface area contributed by atoms with Gasteiger partial charge < -0.3 is 10.0 Å². The molecule has 0 aliphatic carbocycles. The standard InChI is InChI=1S/C22H19ClN2O.C2HF3O2/c1-15(26)25-14-20-12-18(17-8-10-24-11-9-17)4-2-16(20)3-5-19-13-21(23)6-7-22(19)25;3-2(4,5)1(6)7/h2,4,6-13H,3,5,14H2,1H3;(H,6,7). The molecule has 33 heavy (non-hydrogen) atoms. The van der Waals surface area contributed by atoms with Gasteiger partial charge in [0.15, 0.2) is 0 Å². The fourth-order valence-electron chi connectivity index (χ4n) is 3.56. The number of amides is 1. The number of pyridine rings is 1. The molecule has 0 bridgehead atoms. The molecule has 1 amide bonds. The summed E-state index contributed by atoms with van der Waals surface area (Å²) in [6, 6.07) is 16.3. The molecule has 5 nitrogen and oxygen atoms in total. The summed E-state index contributed by atoms with van der Waals surface area (Å²) in [4.78, 5) is 27.2. The van der Waals surface area contributed by atoms with E-state index in [1.54, 1.807) is 19.3 Å². The fourth-order valence-corrected chi connectivity index (χ4v) is 3.76. The van der Waals surface area contributed by atoms with E-state index in [1.165, 1.54) is 11.1 Å². The summed E-state index contributed by atoms with van der Waals surface area (Å²) >= 11 is 6.18. The third kappa shape index (κ3) is 6.10. The average Bonchev–Trinajstić information content (AvgIpc) is 2.75. The van der Waals surface area contributed by atoms with Crippen LogP contribution in [0.25, 0.3) is 11.1 Å². The lowest BCUT2D eigenvalue weighted by Crippen LogP contribution is -2.30. The molecule has 1 N–H and O–H groups in total. The van der Waals surface area contributed by atoms with Crippen LogP contribution >= 0.6 is 11.6 Å². The summed E-state index contributed by atoms with van der Waals surface area (Å²) in [5.74, 6) is -2.72. The van der Waals surface area contributed by atoms with Crippen LogP contribution in [-0.2, 0) is 29.0 Å². The number of carbonyl (C=O) groups is 2. The number of nitrogens with zero attached hydrogens (tertiary/aromatic N) is 2. The highest BCUT2D eigenvalue weighted by atomic mass is 35.5. The van der Waals surface area contributed by atoms with Crippen molar-refractivity contribution in [3.8, 4) is 11.1 Å². The number of alkyl halides is 3. The second kappa shape index (κ2) is 10.0. The fraction of sp³-hybridized carbons (Fsp3) is 0.208. The van der Waals surface area contributed by atoms with Gasteiger partial charge >= 0.3 is 12.1 Å². The number of fused-ring (bicyclic) bond motifs is 2. The van der Waals surface area contributed by atoms with Crippen molar-refractivity contribution in [2.45, 2.75) is 32.5 Å². The van der Waals surface area contributed by atoms with Gasteiger partial charge in [0.2, 0.25) is 5.91 Å². The first-order valence-corrected chi connectivity index (χ1v) is 10.3.